The first-order valence-electron chi connectivity index (χ1n) is 6.48. The van der Waals surface area contributed by atoms with Gasteiger partial charge in [-0.2, -0.15) is 0 Å². The third-order valence-corrected chi connectivity index (χ3v) is 4.09. The summed E-state index contributed by atoms with van der Waals surface area (Å²) in [6.07, 6.45) is 2.07. The van der Waals surface area contributed by atoms with Gasteiger partial charge in [-0.25, -0.2) is 4.39 Å². The molecule has 0 aliphatic carbocycles. The van der Waals surface area contributed by atoms with E-state index >= 15 is 0 Å². The Hall–Kier alpha value is -0.940. The van der Waals surface area contributed by atoms with Crippen LogP contribution in [-0.4, -0.2) is 29.9 Å². The number of nitrogens with zero attached hydrogens (tertiary/aromatic N) is 1. The van der Waals surface area contributed by atoms with Gasteiger partial charge in [0.05, 0.1) is 0 Å². The van der Waals surface area contributed by atoms with Crippen LogP contribution in [0.1, 0.15) is 25.3 Å². The minimum absolute atomic E-state index is 0.0128. The van der Waals surface area contributed by atoms with Gasteiger partial charge in [0, 0.05) is 30.5 Å². The lowest BCUT2D eigenvalue weighted by Gasteiger charge is -2.33. The first-order chi connectivity index (χ1) is 9.04. The SMILES string of the molecule is CC(=O)N[C@H]1CCCN(Cc2cc(F)ccc2Br)C1. The highest BCUT2D eigenvalue weighted by Crippen LogP contribution is 2.21. The zero-order valence-electron chi connectivity index (χ0n) is 11.0. The highest BCUT2D eigenvalue weighted by atomic mass is 79.9. The molecule has 0 unspecified atom stereocenters. The van der Waals surface area contributed by atoms with Crippen LogP contribution >= 0.6 is 15.9 Å². The van der Waals surface area contributed by atoms with E-state index in [4.69, 9.17) is 0 Å². The van der Waals surface area contributed by atoms with Crippen LogP contribution in [0.5, 0.6) is 0 Å². The molecule has 1 fully saturated rings. The zero-order valence-corrected chi connectivity index (χ0v) is 12.5. The third-order valence-electron chi connectivity index (χ3n) is 3.31. The van der Waals surface area contributed by atoms with E-state index in [0.29, 0.717) is 6.54 Å². The minimum atomic E-state index is -0.214. The second-order valence-corrected chi connectivity index (χ2v) is 5.86. The minimum Gasteiger partial charge on any atom is -0.352 e. The molecule has 1 aromatic carbocycles. The standard InChI is InChI=1S/C14H18BrFN2O/c1-10(19)17-13-3-2-6-18(9-13)8-11-7-12(16)4-5-14(11)15/h4-5,7,13H,2-3,6,8-9H2,1H3,(H,17,19)/t13-/m0/s1. The van der Waals surface area contributed by atoms with Gasteiger partial charge in [-0.3, -0.25) is 9.69 Å². The maximum absolute atomic E-state index is 13.3. The summed E-state index contributed by atoms with van der Waals surface area (Å²) in [6.45, 7) is 4.05. The molecule has 2 rings (SSSR count). The fourth-order valence-electron chi connectivity index (χ4n) is 2.51. The average Bonchev–Trinajstić information content (AvgIpc) is 2.33. The number of hydrogen-bond donors (Lipinski definition) is 1. The van der Waals surface area contributed by atoms with Gasteiger partial charge < -0.3 is 5.32 Å². The molecule has 1 aliphatic heterocycles. The molecule has 1 N–H and O–H groups in total. The maximum atomic E-state index is 13.3. The van der Waals surface area contributed by atoms with Crippen LogP contribution < -0.4 is 5.32 Å². The molecule has 1 atom stereocenters. The lowest BCUT2D eigenvalue weighted by Crippen LogP contribution is -2.46. The highest BCUT2D eigenvalue weighted by molar-refractivity contribution is 9.10. The molecule has 0 bridgehead atoms. The lowest BCUT2D eigenvalue weighted by molar-refractivity contribution is -0.120. The fourth-order valence-corrected chi connectivity index (χ4v) is 2.88. The topological polar surface area (TPSA) is 32.3 Å². The van der Waals surface area contributed by atoms with Gasteiger partial charge in [0.1, 0.15) is 5.82 Å². The summed E-state index contributed by atoms with van der Waals surface area (Å²) >= 11 is 3.45. The van der Waals surface area contributed by atoms with Crippen molar-refractivity contribution in [2.75, 3.05) is 13.1 Å². The van der Waals surface area contributed by atoms with Crippen molar-refractivity contribution >= 4 is 21.8 Å². The molecule has 1 heterocycles. The van der Waals surface area contributed by atoms with Crippen molar-refractivity contribution in [1.29, 1.82) is 0 Å². The number of halogens is 2. The van der Waals surface area contributed by atoms with Gasteiger partial charge >= 0.3 is 0 Å². The van der Waals surface area contributed by atoms with E-state index < -0.39 is 0 Å². The van der Waals surface area contributed by atoms with Crippen LogP contribution in [0.4, 0.5) is 4.39 Å². The molecule has 0 spiro atoms. The first-order valence-corrected chi connectivity index (χ1v) is 7.27. The Morgan fingerprint density at radius 3 is 3.11 bits per heavy atom. The van der Waals surface area contributed by atoms with Crippen LogP contribution in [0.25, 0.3) is 0 Å². The predicted molar refractivity (Wildman–Crippen MR) is 76.2 cm³/mol. The number of benzene rings is 1. The van der Waals surface area contributed by atoms with E-state index in [9.17, 15) is 9.18 Å². The number of nitrogens with one attached hydrogen (secondary N) is 1. The Kier molecular flexibility index (Phi) is 4.93. The molecule has 5 heteroatoms. The van der Waals surface area contributed by atoms with Crippen LogP contribution in [0, 0.1) is 5.82 Å². The monoisotopic (exact) mass is 328 g/mol. The Bertz CT molecular complexity index is 467. The Balaban J connectivity index is 1.98. The largest absolute Gasteiger partial charge is 0.352 e. The number of rotatable bonds is 3. The van der Waals surface area contributed by atoms with Gasteiger partial charge in [-0.05, 0) is 43.1 Å². The van der Waals surface area contributed by atoms with Crippen LogP contribution in [-0.2, 0) is 11.3 Å². The number of hydrogen-bond acceptors (Lipinski definition) is 2. The van der Waals surface area contributed by atoms with Crippen molar-refractivity contribution < 1.29 is 9.18 Å². The van der Waals surface area contributed by atoms with Crippen LogP contribution in [0.15, 0.2) is 22.7 Å². The quantitative estimate of drug-likeness (QED) is 0.925. The molecular weight excluding hydrogens is 311 g/mol. The van der Waals surface area contributed by atoms with E-state index in [1.54, 1.807) is 19.1 Å². The molecule has 104 valence electrons. The van der Waals surface area contributed by atoms with E-state index in [-0.39, 0.29) is 17.8 Å². The summed E-state index contributed by atoms with van der Waals surface area (Å²) in [5.74, 6) is -0.201. The maximum Gasteiger partial charge on any atom is 0.217 e. The number of carbonyl (C=O) groups is 1. The van der Waals surface area contributed by atoms with Crippen molar-refractivity contribution in [3.63, 3.8) is 0 Å². The summed E-state index contributed by atoms with van der Waals surface area (Å²) in [5.41, 5.74) is 0.948. The Morgan fingerprint density at radius 1 is 1.58 bits per heavy atom. The number of amides is 1. The van der Waals surface area contributed by atoms with Crippen molar-refractivity contribution in [2.24, 2.45) is 0 Å². The smallest absolute Gasteiger partial charge is 0.217 e. The average molecular weight is 329 g/mol. The molecule has 19 heavy (non-hydrogen) atoms. The highest BCUT2D eigenvalue weighted by Gasteiger charge is 2.21. The normalized spacial score (nSPS) is 20.3. The summed E-state index contributed by atoms with van der Waals surface area (Å²) in [7, 11) is 0. The molecule has 0 saturated carbocycles. The molecule has 1 saturated heterocycles. The van der Waals surface area contributed by atoms with Gasteiger partial charge in [0.15, 0.2) is 0 Å². The number of likely N-dealkylation sites (tertiary alicyclic amines) is 1. The van der Waals surface area contributed by atoms with E-state index in [1.807, 2.05) is 0 Å². The zero-order chi connectivity index (χ0) is 13.8. The van der Waals surface area contributed by atoms with Crippen molar-refractivity contribution in [3.05, 3.63) is 34.1 Å². The summed E-state index contributed by atoms with van der Waals surface area (Å²) < 4.78 is 14.2. The molecule has 1 amide bonds. The van der Waals surface area contributed by atoms with Gasteiger partial charge in [0.2, 0.25) is 5.91 Å². The van der Waals surface area contributed by atoms with Crippen molar-refractivity contribution in [2.45, 2.75) is 32.4 Å². The van der Waals surface area contributed by atoms with Crippen molar-refractivity contribution in [3.8, 4) is 0 Å². The number of piperidine rings is 1. The molecule has 1 aromatic rings. The molecule has 1 aliphatic rings. The van der Waals surface area contributed by atoms with E-state index in [1.165, 1.54) is 6.07 Å². The Morgan fingerprint density at radius 2 is 2.37 bits per heavy atom. The van der Waals surface area contributed by atoms with Gasteiger partial charge in [-0.1, -0.05) is 15.9 Å². The van der Waals surface area contributed by atoms with E-state index in [0.717, 1.165) is 36.0 Å². The number of carbonyl (C=O) groups excluding carboxylic acids is 1. The van der Waals surface area contributed by atoms with E-state index in [2.05, 4.69) is 26.1 Å². The Labute approximate surface area is 121 Å². The molecular formula is C14H18BrFN2O. The fraction of sp³-hybridized carbons (Fsp3) is 0.500. The van der Waals surface area contributed by atoms with Gasteiger partial charge in [-0.15, -0.1) is 0 Å². The van der Waals surface area contributed by atoms with Crippen molar-refractivity contribution in [1.82, 2.24) is 10.2 Å². The second kappa shape index (κ2) is 6.48. The summed E-state index contributed by atoms with van der Waals surface area (Å²) in [4.78, 5) is 13.3. The summed E-state index contributed by atoms with van der Waals surface area (Å²) in [5, 5.41) is 2.96. The molecule has 0 aromatic heterocycles. The third kappa shape index (κ3) is 4.28. The van der Waals surface area contributed by atoms with Gasteiger partial charge in [0.25, 0.3) is 0 Å². The lowest BCUT2D eigenvalue weighted by atomic mass is 10.0. The second-order valence-electron chi connectivity index (χ2n) is 5.01. The summed E-state index contributed by atoms with van der Waals surface area (Å²) in [6, 6.07) is 4.95. The molecule has 0 radical (unpaired) electrons. The van der Waals surface area contributed by atoms with Crippen LogP contribution in [0.2, 0.25) is 0 Å². The molecule has 3 nitrogen and oxygen atoms in total. The predicted octanol–water partition coefficient (Wildman–Crippen LogP) is 2.69. The first kappa shape index (κ1) is 14.5. The van der Waals surface area contributed by atoms with Crippen LogP contribution in [0.3, 0.4) is 0 Å².